The second-order valence-corrected chi connectivity index (χ2v) is 6.00. The first-order valence-corrected chi connectivity index (χ1v) is 8.21. The molecule has 4 rings (SSSR count). The van der Waals surface area contributed by atoms with E-state index in [2.05, 4.69) is 54.2 Å². The summed E-state index contributed by atoms with van der Waals surface area (Å²) in [6.07, 6.45) is 7.39. The minimum absolute atomic E-state index is 0.833. The second kappa shape index (κ2) is 6.80. The van der Waals surface area contributed by atoms with Gasteiger partial charge in [-0.25, -0.2) is 9.97 Å². The van der Waals surface area contributed by atoms with E-state index in [0.29, 0.717) is 0 Å². The van der Waals surface area contributed by atoms with E-state index in [1.54, 1.807) is 12.4 Å². The zero-order valence-electron chi connectivity index (χ0n) is 13.5. The van der Waals surface area contributed by atoms with Gasteiger partial charge in [0.25, 0.3) is 0 Å². The maximum atomic E-state index is 4.34. The summed E-state index contributed by atoms with van der Waals surface area (Å²) < 4.78 is 0. The standard InChI is InChI=1S/C18H20N6/c1-3-15(11-16(4-1)17-12-21-22-13-17)14-23-7-9-24(10-8-23)18-19-5-2-6-20-18/h1-6,11-13H,7-10,14H2,(H,21,22). The molecule has 0 aliphatic carbocycles. The quantitative estimate of drug-likeness (QED) is 0.798. The van der Waals surface area contributed by atoms with Crippen molar-refractivity contribution in [2.45, 2.75) is 6.54 Å². The number of rotatable bonds is 4. The van der Waals surface area contributed by atoms with E-state index < -0.39 is 0 Å². The Balaban J connectivity index is 1.38. The molecule has 1 fully saturated rings. The van der Waals surface area contributed by atoms with Crippen LogP contribution in [-0.2, 0) is 6.54 Å². The van der Waals surface area contributed by atoms with Crippen LogP contribution in [-0.4, -0.2) is 51.2 Å². The van der Waals surface area contributed by atoms with Gasteiger partial charge in [0.1, 0.15) is 0 Å². The largest absolute Gasteiger partial charge is 0.338 e. The van der Waals surface area contributed by atoms with E-state index in [9.17, 15) is 0 Å². The van der Waals surface area contributed by atoms with Gasteiger partial charge in [0.15, 0.2) is 0 Å². The third kappa shape index (κ3) is 3.28. The van der Waals surface area contributed by atoms with Crippen LogP contribution in [0.3, 0.4) is 0 Å². The lowest BCUT2D eigenvalue weighted by atomic mass is 10.1. The van der Waals surface area contributed by atoms with Crippen LogP contribution in [0.2, 0.25) is 0 Å². The zero-order chi connectivity index (χ0) is 16.2. The monoisotopic (exact) mass is 320 g/mol. The molecule has 1 N–H and O–H groups in total. The number of anilines is 1. The van der Waals surface area contributed by atoms with Crippen molar-refractivity contribution < 1.29 is 0 Å². The van der Waals surface area contributed by atoms with E-state index in [1.165, 1.54) is 11.1 Å². The van der Waals surface area contributed by atoms with Gasteiger partial charge in [-0.05, 0) is 23.3 Å². The van der Waals surface area contributed by atoms with Crippen molar-refractivity contribution >= 4 is 5.95 Å². The molecule has 1 aliphatic rings. The number of piperazine rings is 1. The number of H-pyrrole nitrogens is 1. The molecule has 1 aromatic carbocycles. The summed E-state index contributed by atoms with van der Waals surface area (Å²) in [5.74, 6) is 0.833. The average Bonchev–Trinajstić information content (AvgIpc) is 3.18. The van der Waals surface area contributed by atoms with Crippen LogP contribution in [0.25, 0.3) is 11.1 Å². The molecule has 0 bridgehead atoms. The fourth-order valence-electron chi connectivity index (χ4n) is 3.08. The van der Waals surface area contributed by atoms with Crippen LogP contribution in [0.1, 0.15) is 5.56 Å². The molecule has 3 aromatic rings. The van der Waals surface area contributed by atoms with Gasteiger partial charge < -0.3 is 4.90 Å². The predicted molar refractivity (Wildman–Crippen MR) is 93.5 cm³/mol. The smallest absolute Gasteiger partial charge is 0.225 e. The lowest BCUT2D eigenvalue weighted by Gasteiger charge is -2.34. The third-order valence-corrected chi connectivity index (χ3v) is 4.37. The van der Waals surface area contributed by atoms with Gasteiger partial charge >= 0.3 is 0 Å². The summed E-state index contributed by atoms with van der Waals surface area (Å²) in [6.45, 7) is 4.94. The van der Waals surface area contributed by atoms with Gasteiger partial charge in [-0.15, -0.1) is 0 Å². The molecule has 6 nitrogen and oxygen atoms in total. The van der Waals surface area contributed by atoms with Crippen molar-refractivity contribution in [3.05, 3.63) is 60.7 Å². The average molecular weight is 320 g/mol. The highest BCUT2D eigenvalue weighted by Crippen LogP contribution is 2.20. The van der Waals surface area contributed by atoms with Gasteiger partial charge in [-0.2, -0.15) is 5.10 Å². The van der Waals surface area contributed by atoms with Crippen molar-refractivity contribution in [2.75, 3.05) is 31.1 Å². The normalized spacial score (nSPS) is 15.6. The topological polar surface area (TPSA) is 60.9 Å². The fourth-order valence-corrected chi connectivity index (χ4v) is 3.08. The molecule has 2 aromatic heterocycles. The third-order valence-electron chi connectivity index (χ3n) is 4.37. The van der Waals surface area contributed by atoms with Crippen LogP contribution in [0.15, 0.2) is 55.1 Å². The van der Waals surface area contributed by atoms with Crippen molar-refractivity contribution in [1.29, 1.82) is 0 Å². The molecule has 0 amide bonds. The minimum atomic E-state index is 0.833. The number of hydrogen-bond acceptors (Lipinski definition) is 5. The first kappa shape index (κ1) is 14.8. The molecule has 24 heavy (non-hydrogen) atoms. The molecule has 0 saturated carbocycles. The molecule has 1 saturated heterocycles. The van der Waals surface area contributed by atoms with Crippen LogP contribution in [0.4, 0.5) is 5.95 Å². The summed E-state index contributed by atoms with van der Waals surface area (Å²) in [6, 6.07) is 10.5. The van der Waals surface area contributed by atoms with E-state index in [0.717, 1.165) is 44.2 Å². The minimum Gasteiger partial charge on any atom is -0.338 e. The number of aromatic amines is 1. The van der Waals surface area contributed by atoms with Crippen molar-refractivity contribution in [3.8, 4) is 11.1 Å². The summed E-state index contributed by atoms with van der Waals surface area (Å²) in [4.78, 5) is 13.4. The van der Waals surface area contributed by atoms with E-state index in [1.807, 2.05) is 18.5 Å². The number of hydrogen-bond donors (Lipinski definition) is 1. The summed E-state index contributed by atoms with van der Waals surface area (Å²) in [5, 5.41) is 6.90. The van der Waals surface area contributed by atoms with Crippen molar-refractivity contribution in [2.24, 2.45) is 0 Å². The molecule has 0 atom stereocenters. The molecule has 1 aliphatic heterocycles. The van der Waals surface area contributed by atoms with Crippen molar-refractivity contribution in [1.82, 2.24) is 25.1 Å². The molecule has 6 heteroatoms. The van der Waals surface area contributed by atoms with Crippen molar-refractivity contribution in [3.63, 3.8) is 0 Å². The molecule has 0 spiro atoms. The Kier molecular flexibility index (Phi) is 4.20. The number of nitrogens with zero attached hydrogens (tertiary/aromatic N) is 5. The maximum absolute atomic E-state index is 4.34. The van der Waals surface area contributed by atoms with Crippen LogP contribution >= 0.6 is 0 Å². The number of benzene rings is 1. The van der Waals surface area contributed by atoms with Gasteiger partial charge in [0, 0.05) is 56.9 Å². The lowest BCUT2D eigenvalue weighted by Crippen LogP contribution is -2.46. The molecule has 0 radical (unpaired) electrons. The van der Waals surface area contributed by atoms with Crippen LogP contribution in [0, 0.1) is 0 Å². The molecular formula is C18H20N6. The van der Waals surface area contributed by atoms with Gasteiger partial charge in [-0.1, -0.05) is 18.2 Å². The SMILES string of the molecule is c1cnc(N2CCN(Cc3cccc(-c4cn[nH]c4)c3)CC2)nc1. The Morgan fingerprint density at radius 3 is 2.54 bits per heavy atom. The number of aromatic nitrogens is 4. The van der Waals surface area contributed by atoms with Gasteiger partial charge in [0.05, 0.1) is 6.20 Å². The zero-order valence-corrected chi connectivity index (χ0v) is 13.5. The molecule has 0 unspecified atom stereocenters. The Labute approximate surface area is 141 Å². The Bertz CT molecular complexity index is 763. The Morgan fingerprint density at radius 2 is 1.79 bits per heavy atom. The highest BCUT2D eigenvalue weighted by atomic mass is 15.3. The highest BCUT2D eigenvalue weighted by Gasteiger charge is 2.18. The Hall–Kier alpha value is -2.73. The van der Waals surface area contributed by atoms with E-state index >= 15 is 0 Å². The Morgan fingerprint density at radius 1 is 0.958 bits per heavy atom. The summed E-state index contributed by atoms with van der Waals surface area (Å²) in [5.41, 5.74) is 3.67. The second-order valence-electron chi connectivity index (χ2n) is 6.00. The van der Waals surface area contributed by atoms with E-state index in [-0.39, 0.29) is 0 Å². The fraction of sp³-hybridized carbons (Fsp3) is 0.278. The van der Waals surface area contributed by atoms with Gasteiger partial charge in [0.2, 0.25) is 5.95 Å². The summed E-state index contributed by atoms with van der Waals surface area (Å²) in [7, 11) is 0. The number of nitrogens with one attached hydrogen (secondary N) is 1. The highest BCUT2D eigenvalue weighted by molar-refractivity contribution is 5.62. The van der Waals surface area contributed by atoms with Gasteiger partial charge in [-0.3, -0.25) is 10.00 Å². The first-order valence-electron chi connectivity index (χ1n) is 8.21. The maximum Gasteiger partial charge on any atom is 0.225 e. The molecular weight excluding hydrogens is 300 g/mol. The molecule has 3 heterocycles. The van der Waals surface area contributed by atoms with Crippen LogP contribution in [0.5, 0.6) is 0 Å². The lowest BCUT2D eigenvalue weighted by molar-refractivity contribution is 0.248. The molecule has 122 valence electrons. The summed E-state index contributed by atoms with van der Waals surface area (Å²) >= 11 is 0. The van der Waals surface area contributed by atoms with Crippen LogP contribution < -0.4 is 4.90 Å². The van der Waals surface area contributed by atoms with E-state index in [4.69, 9.17) is 0 Å². The predicted octanol–water partition coefficient (Wildman–Crippen LogP) is 2.19. The first-order chi connectivity index (χ1) is 11.9.